The molecule has 0 bridgehead atoms. The largest absolute Gasteiger partial charge is 0.384 e. The van der Waals surface area contributed by atoms with Crippen LogP contribution in [-0.2, 0) is 10.0 Å². The first-order chi connectivity index (χ1) is 10.4. The molecule has 0 aliphatic heterocycles. The second-order valence-electron chi connectivity index (χ2n) is 5.23. The van der Waals surface area contributed by atoms with Crippen LogP contribution in [0, 0.1) is 13.8 Å². The quantitative estimate of drug-likeness (QED) is 0.857. The predicted molar refractivity (Wildman–Crippen MR) is 89.7 cm³/mol. The SMILES string of the molecule is CCCNc1ccc(NS(=O)(=O)c2ccc(C)cc2C)nc1. The molecule has 0 fully saturated rings. The predicted octanol–water partition coefficient (Wildman–Crippen LogP) is 3.32. The second kappa shape index (κ2) is 6.79. The number of sulfonamides is 1. The summed E-state index contributed by atoms with van der Waals surface area (Å²) in [5, 5.41) is 3.19. The van der Waals surface area contributed by atoms with E-state index in [-0.39, 0.29) is 4.90 Å². The number of hydrogen-bond donors (Lipinski definition) is 2. The third kappa shape index (κ3) is 3.98. The van der Waals surface area contributed by atoms with Gasteiger partial charge in [0.25, 0.3) is 10.0 Å². The van der Waals surface area contributed by atoms with E-state index in [1.807, 2.05) is 19.1 Å². The summed E-state index contributed by atoms with van der Waals surface area (Å²) in [6.45, 7) is 6.65. The molecule has 1 heterocycles. The number of hydrogen-bond acceptors (Lipinski definition) is 4. The molecule has 0 atom stereocenters. The van der Waals surface area contributed by atoms with Crippen LogP contribution in [-0.4, -0.2) is 19.9 Å². The van der Waals surface area contributed by atoms with Crippen molar-refractivity contribution < 1.29 is 8.42 Å². The van der Waals surface area contributed by atoms with Crippen molar-refractivity contribution in [1.29, 1.82) is 0 Å². The summed E-state index contributed by atoms with van der Waals surface area (Å²) in [6, 6.07) is 8.71. The first-order valence-electron chi connectivity index (χ1n) is 7.22. The molecule has 0 unspecified atom stereocenters. The van der Waals surface area contributed by atoms with Crippen molar-refractivity contribution in [3.8, 4) is 0 Å². The Kier molecular flexibility index (Phi) is 5.03. The van der Waals surface area contributed by atoms with Gasteiger partial charge in [-0.15, -0.1) is 0 Å². The summed E-state index contributed by atoms with van der Waals surface area (Å²) in [4.78, 5) is 4.41. The average molecular weight is 319 g/mol. The zero-order valence-electron chi connectivity index (χ0n) is 13.1. The van der Waals surface area contributed by atoms with Crippen LogP contribution in [0.15, 0.2) is 41.4 Å². The number of nitrogens with one attached hydrogen (secondary N) is 2. The second-order valence-corrected chi connectivity index (χ2v) is 6.88. The lowest BCUT2D eigenvalue weighted by Crippen LogP contribution is -2.15. The Bertz CT molecular complexity index is 740. The molecule has 0 aliphatic rings. The van der Waals surface area contributed by atoms with Gasteiger partial charge in [-0.25, -0.2) is 13.4 Å². The highest BCUT2D eigenvalue weighted by molar-refractivity contribution is 7.92. The minimum atomic E-state index is -3.62. The number of anilines is 2. The van der Waals surface area contributed by atoms with E-state index < -0.39 is 10.0 Å². The number of nitrogens with zero attached hydrogens (tertiary/aromatic N) is 1. The van der Waals surface area contributed by atoms with Gasteiger partial charge in [0.1, 0.15) is 5.82 Å². The Morgan fingerprint density at radius 3 is 2.50 bits per heavy atom. The number of benzene rings is 1. The standard InChI is InChI=1S/C16H21N3O2S/c1-4-9-17-14-6-8-16(18-11-14)19-22(20,21)15-7-5-12(2)10-13(15)3/h5-8,10-11,17H,4,9H2,1-3H3,(H,18,19). The van der Waals surface area contributed by atoms with Gasteiger partial charge < -0.3 is 5.32 Å². The van der Waals surface area contributed by atoms with Gasteiger partial charge in [-0.05, 0) is 44.0 Å². The molecule has 118 valence electrons. The lowest BCUT2D eigenvalue weighted by molar-refractivity contribution is 0.600. The fourth-order valence-corrected chi connectivity index (χ4v) is 3.36. The highest BCUT2D eigenvalue weighted by Crippen LogP contribution is 2.20. The lowest BCUT2D eigenvalue weighted by atomic mass is 10.2. The van der Waals surface area contributed by atoms with Crippen LogP contribution in [0.5, 0.6) is 0 Å². The van der Waals surface area contributed by atoms with Crippen LogP contribution in [0.2, 0.25) is 0 Å². The fourth-order valence-electron chi connectivity index (χ4n) is 2.12. The van der Waals surface area contributed by atoms with Gasteiger partial charge in [-0.1, -0.05) is 24.6 Å². The lowest BCUT2D eigenvalue weighted by Gasteiger charge is -2.11. The van der Waals surface area contributed by atoms with E-state index in [0.717, 1.165) is 24.2 Å². The summed E-state index contributed by atoms with van der Waals surface area (Å²) < 4.78 is 27.4. The van der Waals surface area contributed by atoms with Gasteiger partial charge in [0.2, 0.25) is 0 Å². The Labute approximate surface area is 131 Å². The summed E-state index contributed by atoms with van der Waals surface area (Å²) >= 11 is 0. The van der Waals surface area contributed by atoms with Crippen molar-refractivity contribution in [1.82, 2.24) is 4.98 Å². The van der Waals surface area contributed by atoms with Crippen LogP contribution < -0.4 is 10.0 Å². The first-order valence-corrected chi connectivity index (χ1v) is 8.70. The summed E-state index contributed by atoms with van der Waals surface area (Å²) in [6.07, 6.45) is 2.64. The highest BCUT2D eigenvalue weighted by Gasteiger charge is 2.17. The van der Waals surface area contributed by atoms with Gasteiger partial charge in [0, 0.05) is 6.54 Å². The van der Waals surface area contributed by atoms with Crippen LogP contribution in [0.4, 0.5) is 11.5 Å². The molecule has 0 amide bonds. The number of aromatic nitrogens is 1. The van der Waals surface area contributed by atoms with E-state index in [4.69, 9.17) is 0 Å². The van der Waals surface area contributed by atoms with E-state index >= 15 is 0 Å². The Balaban J connectivity index is 2.18. The highest BCUT2D eigenvalue weighted by atomic mass is 32.2. The molecule has 0 saturated carbocycles. The minimum absolute atomic E-state index is 0.271. The molecule has 0 aliphatic carbocycles. The van der Waals surface area contributed by atoms with Gasteiger partial charge in [0.15, 0.2) is 0 Å². The Morgan fingerprint density at radius 1 is 1.14 bits per heavy atom. The summed E-state index contributed by atoms with van der Waals surface area (Å²) in [5.41, 5.74) is 2.62. The molecule has 1 aromatic heterocycles. The third-order valence-electron chi connectivity index (χ3n) is 3.20. The van der Waals surface area contributed by atoms with E-state index in [1.54, 1.807) is 31.3 Å². The summed E-state index contributed by atoms with van der Waals surface area (Å²) in [5.74, 6) is 0.307. The molecule has 2 N–H and O–H groups in total. The van der Waals surface area contributed by atoms with Crippen molar-refractivity contribution in [2.24, 2.45) is 0 Å². The molecule has 0 spiro atoms. The third-order valence-corrected chi connectivity index (χ3v) is 4.72. The van der Waals surface area contributed by atoms with Crippen LogP contribution >= 0.6 is 0 Å². The molecule has 2 aromatic rings. The number of pyridine rings is 1. The Morgan fingerprint density at radius 2 is 1.91 bits per heavy atom. The minimum Gasteiger partial charge on any atom is -0.384 e. The van der Waals surface area contributed by atoms with Gasteiger partial charge in [-0.2, -0.15) is 0 Å². The first kappa shape index (κ1) is 16.3. The van der Waals surface area contributed by atoms with Crippen molar-refractivity contribution in [3.05, 3.63) is 47.7 Å². The maximum atomic E-state index is 12.4. The molecule has 22 heavy (non-hydrogen) atoms. The van der Waals surface area contributed by atoms with Gasteiger partial charge in [0.05, 0.1) is 16.8 Å². The molecule has 2 rings (SSSR count). The van der Waals surface area contributed by atoms with Crippen LogP contribution in [0.25, 0.3) is 0 Å². The van der Waals surface area contributed by atoms with Gasteiger partial charge in [-0.3, -0.25) is 4.72 Å². The smallest absolute Gasteiger partial charge is 0.263 e. The van der Waals surface area contributed by atoms with Crippen LogP contribution in [0.1, 0.15) is 24.5 Å². The van der Waals surface area contributed by atoms with E-state index in [9.17, 15) is 8.42 Å². The molecule has 6 heteroatoms. The Hall–Kier alpha value is -2.08. The average Bonchev–Trinajstić information content (AvgIpc) is 2.45. The molecule has 0 saturated heterocycles. The summed E-state index contributed by atoms with van der Waals surface area (Å²) in [7, 11) is -3.62. The maximum absolute atomic E-state index is 12.4. The molecule has 1 aromatic carbocycles. The van der Waals surface area contributed by atoms with Crippen LogP contribution in [0.3, 0.4) is 0 Å². The zero-order chi connectivity index (χ0) is 16.2. The number of aryl methyl sites for hydroxylation is 2. The topological polar surface area (TPSA) is 71.1 Å². The monoisotopic (exact) mass is 319 g/mol. The molecule has 0 radical (unpaired) electrons. The number of rotatable bonds is 6. The van der Waals surface area contributed by atoms with Crippen molar-refractivity contribution in [2.45, 2.75) is 32.1 Å². The fraction of sp³-hybridized carbons (Fsp3) is 0.312. The van der Waals surface area contributed by atoms with E-state index in [2.05, 4.69) is 21.9 Å². The molecular weight excluding hydrogens is 298 g/mol. The van der Waals surface area contributed by atoms with E-state index in [0.29, 0.717) is 11.4 Å². The maximum Gasteiger partial charge on any atom is 0.263 e. The van der Waals surface area contributed by atoms with Gasteiger partial charge >= 0.3 is 0 Å². The zero-order valence-corrected chi connectivity index (χ0v) is 13.9. The van der Waals surface area contributed by atoms with Crippen molar-refractivity contribution in [3.63, 3.8) is 0 Å². The molecular formula is C16H21N3O2S. The van der Waals surface area contributed by atoms with E-state index in [1.165, 1.54) is 0 Å². The molecule has 5 nitrogen and oxygen atoms in total. The van der Waals surface area contributed by atoms with Crippen molar-refractivity contribution >= 4 is 21.5 Å². The normalized spacial score (nSPS) is 11.2. The van der Waals surface area contributed by atoms with Crippen molar-refractivity contribution in [2.75, 3.05) is 16.6 Å².